The summed E-state index contributed by atoms with van der Waals surface area (Å²) in [5, 5.41) is 3.85. The van der Waals surface area contributed by atoms with Crippen LogP contribution in [0.4, 0.5) is 0 Å². The zero-order chi connectivity index (χ0) is 15.7. The Balaban J connectivity index is 2.20. The minimum absolute atomic E-state index is 0.0780. The highest BCUT2D eigenvalue weighted by atomic mass is 32.2. The zero-order valence-electron chi connectivity index (χ0n) is 12.9. The van der Waals surface area contributed by atoms with Gasteiger partial charge < -0.3 is 0 Å². The predicted molar refractivity (Wildman–Crippen MR) is 83.7 cm³/mol. The standard InChI is InChI=1S/C16H21NO3S/c1-12-5-7-15(8-6-12)21(18,19)20-17-14-9-13(2)10-16(3,4)11-14/h5-9H,10-11H2,1-4H3/b17-14+. The highest BCUT2D eigenvalue weighted by molar-refractivity contribution is 7.86. The van der Waals surface area contributed by atoms with E-state index in [-0.39, 0.29) is 10.3 Å². The maximum Gasteiger partial charge on any atom is 0.358 e. The number of oxime groups is 1. The highest BCUT2D eigenvalue weighted by Crippen LogP contribution is 2.33. The topological polar surface area (TPSA) is 55.7 Å². The molecule has 1 aliphatic carbocycles. The Morgan fingerprint density at radius 2 is 1.71 bits per heavy atom. The van der Waals surface area contributed by atoms with Crippen molar-refractivity contribution >= 4 is 15.8 Å². The molecule has 0 spiro atoms. The molecule has 0 aromatic heterocycles. The molecule has 114 valence electrons. The lowest BCUT2D eigenvalue weighted by atomic mass is 9.77. The third-order valence-corrected chi connectivity index (χ3v) is 4.51. The number of benzene rings is 1. The van der Waals surface area contributed by atoms with Gasteiger partial charge in [0, 0.05) is 0 Å². The summed E-state index contributed by atoms with van der Waals surface area (Å²) in [4.78, 5) is 0.119. The van der Waals surface area contributed by atoms with Crippen LogP contribution in [0.25, 0.3) is 0 Å². The van der Waals surface area contributed by atoms with E-state index in [1.807, 2.05) is 19.9 Å². The number of rotatable bonds is 3. The van der Waals surface area contributed by atoms with Crippen LogP contribution in [0.3, 0.4) is 0 Å². The number of hydrogen-bond donors (Lipinski definition) is 0. The summed E-state index contributed by atoms with van der Waals surface area (Å²) >= 11 is 0. The normalized spacial score (nSPS) is 20.2. The summed E-state index contributed by atoms with van der Waals surface area (Å²) in [6.45, 7) is 8.18. The Morgan fingerprint density at radius 1 is 1.10 bits per heavy atom. The van der Waals surface area contributed by atoms with Gasteiger partial charge in [-0.1, -0.05) is 42.3 Å². The van der Waals surface area contributed by atoms with E-state index in [4.69, 9.17) is 4.28 Å². The van der Waals surface area contributed by atoms with Gasteiger partial charge in [0.05, 0.1) is 5.71 Å². The Morgan fingerprint density at radius 3 is 2.29 bits per heavy atom. The van der Waals surface area contributed by atoms with Crippen molar-refractivity contribution in [3.8, 4) is 0 Å². The van der Waals surface area contributed by atoms with Gasteiger partial charge in [-0.2, -0.15) is 8.42 Å². The molecule has 0 atom stereocenters. The summed E-state index contributed by atoms with van der Waals surface area (Å²) in [6.07, 6.45) is 3.58. The van der Waals surface area contributed by atoms with Crippen molar-refractivity contribution in [2.45, 2.75) is 45.4 Å². The van der Waals surface area contributed by atoms with E-state index in [1.165, 1.54) is 17.7 Å². The van der Waals surface area contributed by atoms with Crippen LogP contribution >= 0.6 is 0 Å². The molecule has 0 amide bonds. The van der Waals surface area contributed by atoms with Gasteiger partial charge in [-0.3, -0.25) is 4.28 Å². The van der Waals surface area contributed by atoms with Crippen molar-refractivity contribution in [2.75, 3.05) is 0 Å². The second-order valence-corrected chi connectivity index (χ2v) is 7.96. The predicted octanol–water partition coefficient (Wildman–Crippen LogP) is 3.82. The van der Waals surface area contributed by atoms with Gasteiger partial charge in [0.1, 0.15) is 4.90 Å². The van der Waals surface area contributed by atoms with E-state index in [1.54, 1.807) is 12.1 Å². The molecule has 4 nitrogen and oxygen atoms in total. The van der Waals surface area contributed by atoms with Crippen molar-refractivity contribution in [1.29, 1.82) is 0 Å². The monoisotopic (exact) mass is 307 g/mol. The summed E-state index contributed by atoms with van der Waals surface area (Å²) in [7, 11) is -3.85. The lowest BCUT2D eigenvalue weighted by Gasteiger charge is -2.28. The fourth-order valence-corrected chi connectivity index (χ4v) is 3.35. The van der Waals surface area contributed by atoms with Crippen molar-refractivity contribution in [3.63, 3.8) is 0 Å². The first-order chi connectivity index (χ1) is 9.68. The molecular weight excluding hydrogens is 286 g/mol. The van der Waals surface area contributed by atoms with Crippen LogP contribution in [-0.2, 0) is 14.4 Å². The molecule has 0 N–H and O–H groups in total. The summed E-state index contributed by atoms with van der Waals surface area (Å²) < 4.78 is 29.0. The molecule has 0 saturated carbocycles. The van der Waals surface area contributed by atoms with Crippen LogP contribution in [-0.4, -0.2) is 14.1 Å². The van der Waals surface area contributed by atoms with Crippen LogP contribution in [0.15, 0.2) is 46.0 Å². The number of hydrogen-bond acceptors (Lipinski definition) is 4. The first-order valence-electron chi connectivity index (χ1n) is 6.92. The van der Waals surface area contributed by atoms with Crippen LogP contribution in [0.5, 0.6) is 0 Å². The SMILES string of the molecule is CC1=C/C(=N\OS(=O)(=O)c2ccc(C)cc2)CC(C)(C)C1. The first kappa shape index (κ1) is 15.8. The third-order valence-electron chi connectivity index (χ3n) is 3.39. The number of aryl methyl sites for hydroxylation is 1. The summed E-state index contributed by atoms with van der Waals surface area (Å²) in [5.74, 6) is 0. The van der Waals surface area contributed by atoms with Crippen molar-refractivity contribution in [1.82, 2.24) is 0 Å². The Labute approximate surface area is 126 Å². The van der Waals surface area contributed by atoms with Gasteiger partial charge in [-0.15, -0.1) is 0 Å². The minimum Gasteiger partial charge on any atom is -0.265 e. The molecular formula is C16H21NO3S. The third kappa shape index (κ3) is 4.17. The largest absolute Gasteiger partial charge is 0.358 e. The molecule has 21 heavy (non-hydrogen) atoms. The fraction of sp³-hybridized carbons (Fsp3) is 0.438. The fourth-order valence-electron chi connectivity index (χ4n) is 2.60. The molecule has 1 aromatic rings. The van der Waals surface area contributed by atoms with Gasteiger partial charge >= 0.3 is 10.1 Å². The van der Waals surface area contributed by atoms with Crippen LogP contribution in [0, 0.1) is 12.3 Å². The van der Waals surface area contributed by atoms with Crippen LogP contribution in [0.2, 0.25) is 0 Å². The van der Waals surface area contributed by atoms with E-state index in [2.05, 4.69) is 19.0 Å². The smallest absolute Gasteiger partial charge is 0.265 e. The average Bonchev–Trinajstić information content (AvgIpc) is 2.35. The molecule has 0 radical (unpaired) electrons. The molecule has 0 fully saturated rings. The molecule has 0 saturated heterocycles. The van der Waals surface area contributed by atoms with Crippen LogP contribution < -0.4 is 0 Å². The molecule has 1 aromatic carbocycles. The molecule has 0 unspecified atom stereocenters. The van der Waals surface area contributed by atoms with Gasteiger partial charge in [0.15, 0.2) is 0 Å². The average molecular weight is 307 g/mol. The molecule has 5 heteroatoms. The molecule has 0 aliphatic heterocycles. The van der Waals surface area contributed by atoms with E-state index >= 15 is 0 Å². The second-order valence-electron chi connectivity index (χ2n) is 6.43. The lowest BCUT2D eigenvalue weighted by Crippen LogP contribution is -2.21. The van der Waals surface area contributed by atoms with E-state index in [0.717, 1.165) is 12.0 Å². The van der Waals surface area contributed by atoms with Crippen molar-refractivity contribution in [3.05, 3.63) is 41.5 Å². The number of allylic oxidation sites excluding steroid dienone is 2. The van der Waals surface area contributed by atoms with Crippen LogP contribution in [0.1, 0.15) is 39.2 Å². The maximum atomic E-state index is 12.1. The Bertz CT molecular complexity index is 683. The van der Waals surface area contributed by atoms with Gasteiger partial charge in [-0.05, 0) is 50.3 Å². The lowest BCUT2D eigenvalue weighted by molar-refractivity contribution is 0.325. The van der Waals surface area contributed by atoms with Crippen molar-refractivity contribution < 1.29 is 12.7 Å². The molecule has 1 aliphatic rings. The quantitative estimate of drug-likeness (QED) is 0.798. The Kier molecular flexibility index (Phi) is 4.23. The van der Waals surface area contributed by atoms with Gasteiger partial charge in [0.25, 0.3) is 0 Å². The van der Waals surface area contributed by atoms with E-state index in [0.29, 0.717) is 12.1 Å². The Hall–Kier alpha value is -1.62. The zero-order valence-corrected chi connectivity index (χ0v) is 13.7. The van der Waals surface area contributed by atoms with E-state index in [9.17, 15) is 8.42 Å². The highest BCUT2D eigenvalue weighted by Gasteiger charge is 2.25. The molecule has 0 bridgehead atoms. The maximum absolute atomic E-state index is 12.1. The minimum atomic E-state index is -3.85. The molecule has 2 rings (SSSR count). The first-order valence-corrected chi connectivity index (χ1v) is 8.33. The second kappa shape index (κ2) is 5.64. The van der Waals surface area contributed by atoms with E-state index < -0.39 is 10.1 Å². The number of nitrogens with zero attached hydrogens (tertiary/aromatic N) is 1. The van der Waals surface area contributed by atoms with Gasteiger partial charge in [0.2, 0.25) is 0 Å². The molecule has 0 heterocycles. The summed E-state index contributed by atoms with van der Waals surface area (Å²) in [5.41, 5.74) is 2.92. The van der Waals surface area contributed by atoms with Gasteiger partial charge in [-0.25, -0.2) is 0 Å². The van der Waals surface area contributed by atoms with Crippen molar-refractivity contribution in [2.24, 2.45) is 10.6 Å². The summed E-state index contributed by atoms with van der Waals surface area (Å²) in [6, 6.07) is 6.52.